The van der Waals surface area contributed by atoms with Crippen LogP contribution in [-0.2, 0) is 20.8 Å². The number of hydrogen-bond donors (Lipinski definition) is 7. The predicted octanol–water partition coefficient (Wildman–Crippen LogP) is 0.933. The van der Waals surface area contributed by atoms with Gasteiger partial charge in [-0.2, -0.15) is 0 Å². The van der Waals surface area contributed by atoms with E-state index < -0.39 is 18.0 Å². The lowest BCUT2D eigenvalue weighted by Crippen LogP contribution is -2.54. The van der Waals surface area contributed by atoms with E-state index in [2.05, 4.69) is 20.9 Å². The third-order valence-electron chi connectivity index (χ3n) is 5.74. The van der Waals surface area contributed by atoms with Crippen LogP contribution in [0, 0.1) is 0 Å². The van der Waals surface area contributed by atoms with Crippen LogP contribution in [0.25, 0.3) is 0 Å². The molecule has 0 aliphatic carbocycles. The minimum absolute atomic E-state index is 0.0282. The van der Waals surface area contributed by atoms with Crippen LogP contribution in [0.2, 0.25) is 10.0 Å². The van der Waals surface area contributed by atoms with E-state index in [-0.39, 0.29) is 24.2 Å². The number of nitrogens with zero attached hydrogens (tertiary/aromatic N) is 1. The molecule has 13 heteroatoms. The van der Waals surface area contributed by atoms with Gasteiger partial charge in [-0.25, -0.2) is 0 Å². The molecule has 0 saturated carbocycles. The Bertz CT molecular complexity index is 913. The zero-order valence-electron chi connectivity index (χ0n) is 21.8. The molecule has 2 atom stereocenters. The molecule has 11 N–H and O–H groups in total. The number of nitrogens with one attached hydrogen (secondary N) is 3. The molecule has 0 heterocycles. The Morgan fingerprint density at radius 3 is 2.08 bits per heavy atom. The number of amides is 3. The maximum Gasteiger partial charge on any atom is 0.243 e. The fourth-order valence-corrected chi connectivity index (χ4v) is 4.07. The summed E-state index contributed by atoms with van der Waals surface area (Å²) >= 11 is 12.3. The number of halogens is 2. The van der Waals surface area contributed by atoms with Crippen molar-refractivity contribution in [1.82, 2.24) is 16.0 Å². The Hall–Kier alpha value is -2.60. The summed E-state index contributed by atoms with van der Waals surface area (Å²) in [7, 11) is 0. The summed E-state index contributed by atoms with van der Waals surface area (Å²) in [6.45, 7) is 1.84. The monoisotopic (exact) mass is 572 g/mol. The Morgan fingerprint density at radius 1 is 0.842 bits per heavy atom. The van der Waals surface area contributed by atoms with Gasteiger partial charge >= 0.3 is 0 Å². The molecule has 0 radical (unpaired) electrons. The second-order valence-corrected chi connectivity index (χ2v) is 9.73. The van der Waals surface area contributed by atoms with Gasteiger partial charge in [0.25, 0.3) is 0 Å². The Balaban J connectivity index is 2.82. The number of aliphatic imine (C=N–C) groups is 1. The van der Waals surface area contributed by atoms with Crippen molar-refractivity contribution in [2.75, 3.05) is 26.2 Å². The first-order chi connectivity index (χ1) is 18.2. The van der Waals surface area contributed by atoms with Crippen LogP contribution in [0.4, 0.5) is 0 Å². The Kier molecular flexibility index (Phi) is 17.1. The van der Waals surface area contributed by atoms with Crippen LogP contribution in [0.15, 0.2) is 23.2 Å². The highest BCUT2D eigenvalue weighted by Crippen LogP contribution is 2.25. The number of guanidine groups is 1. The van der Waals surface area contributed by atoms with Crippen LogP contribution < -0.4 is 38.9 Å². The summed E-state index contributed by atoms with van der Waals surface area (Å²) in [5.41, 5.74) is 22.4. The minimum atomic E-state index is -0.837. The normalized spacial score (nSPS) is 12.3. The van der Waals surface area contributed by atoms with Gasteiger partial charge in [-0.15, -0.1) is 0 Å². The van der Waals surface area contributed by atoms with Crippen LogP contribution in [0.3, 0.4) is 0 Å². The molecule has 11 nitrogen and oxygen atoms in total. The van der Waals surface area contributed by atoms with E-state index >= 15 is 0 Å². The molecule has 38 heavy (non-hydrogen) atoms. The van der Waals surface area contributed by atoms with Crippen molar-refractivity contribution in [2.24, 2.45) is 27.9 Å². The predicted molar refractivity (Wildman–Crippen MR) is 153 cm³/mol. The second-order valence-electron chi connectivity index (χ2n) is 8.94. The van der Waals surface area contributed by atoms with E-state index in [9.17, 15) is 14.4 Å². The van der Waals surface area contributed by atoms with Crippen molar-refractivity contribution < 1.29 is 14.4 Å². The molecular weight excluding hydrogens is 531 g/mol. The SMILES string of the molecule is NCCCC[C@H](NC(=O)Cc1cccc(Cl)c1Cl)C(=O)N[C@@H](CCCCN)C(=O)NCCCCN=C(N)N. The van der Waals surface area contributed by atoms with Gasteiger partial charge in [-0.3, -0.25) is 19.4 Å². The van der Waals surface area contributed by atoms with Crippen LogP contribution in [-0.4, -0.2) is 61.9 Å². The number of unbranched alkanes of at least 4 members (excludes halogenated alkanes) is 3. The molecule has 1 aromatic carbocycles. The molecule has 0 unspecified atom stereocenters. The number of benzene rings is 1. The highest BCUT2D eigenvalue weighted by atomic mass is 35.5. The summed E-state index contributed by atoms with van der Waals surface area (Å²) in [6, 6.07) is 3.44. The number of nitrogens with two attached hydrogens (primary N) is 4. The van der Waals surface area contributed by atoms with Crippen molar-refractivity contribution in [1.29, 1.82) is 0 Å². The molecule has 214 valence electrons. The summed E-state index contributed by atoms with van der Waals surface area (Å²) in [5.74, 6) is -1.09. The second kappa shape index (κ2) is 19.5. The number of carbonyl (C=O) groups is 3. The van der Waals surface area contributed by atoms with E-state index in [1.807, 2.05) is 0 Å². The van der Waals surface area contributed by atoms with Gasteiger partial charge in [-0.05, 0) is 76.1 Å². The maximum atomic E-state index is 13.2. The fraction of sp³-hybridized carbons (Fsp3) is 0.600. The standard InChI is InChI=1S/C25H42Cl2N8O3/c26-18-9-7-8-17(22(18)27)16-21(36)34-20(11-2-4-13-29)24(38)35-19(10-1-3-12-28)23(37)32-14-5-6-15-33-25(30)31/h7-9,19-20H,1-6,10-16,28-29H2,(H,32,37)(H,34,36)(H,35,38)(H4,30,31,33)/t19-,20-/m0/s1. The molecule has 0 fully saturated rings. The molecule has 0 aliphatic heterocycles. The van der Waals surface area contributed by atoms with Gasteiger partial charge < -0.3 is 38.9 Å². The van der Waals surface area contributed by atoms with Crippen LogP contribution >= 0.6 is 23.2 Å². The lowest BCUT2D eigenvalue weighted by molar-refractivity contribution is -0.132. The topological polar surface area (TPSA) is 204 Å². The average Bonchev–Trinajstić information content (AvgIpc) is 2.87. The molecule has 1 rings (SSSR count). The number of rotatable bonds is 19. The molecule has 0 aliphatic rings. The maximum absolute atomic E-state index is 13.2. The third-order valence-corrected chi connectivity index (χ3v) is 6.60. The minimum Gasteiger partial charge on any atom is -0.370 e. The van der Waals surface area contributed by atoms with Gasteiger partial charge in [0.15, 0.2) is 5.96 Å². The largest absolute Gasteiger partial charge is 0.370 e. The lowest BCUT2D eigenvalue weighted by Gasteiger charge is -2.23. The molecule has 0 aromatic heterocycles. The zero-order chi connectivity index (χ0) is 28.3. The summed E-state index contributed by atoms with van der Waals surface area (Å²) < 4.78 is 0. The van der Waals surface area contributed by atoms with Crippen LogP contribution in [0.1, 0.15) is 56.9 Å². The van der Waals surface area contributed by atoms with E-state index in [0.29, 0.717) is 86.7 Å². The molecular formula is C25H42Cl2N8O3. The van der Waals surface area contributed by atoms with E-state index in [1.165, 1.54) is 0 Å². The quantitative estimate of drug-likeness (QED) is 0.0724. The number of carbonyl (C=O) groups excluding carboxylic acids is 3. The van der Waals surface area contributed by atoms with Gasteiger partial charge in [-0.1, -0.05) is 35.3 Å². The zero-order valence-corrected chi connectivity index (χ0v) is 23.3. The van der Waals surface area contributed by atoms with Crippen molar-refractivity contribution in [3.63, 3.8) is 0 Å². The number of hydrogen-bond acceptors (Lipinski definition) is 6. The lowest BCUT2D eigenvalue weighted by atomic mass is 10.0. The summed E-state index contributed by atoms with van der Waals surface area (Å²) in [4.78, 5) is 42.8. The van der Waals surface area contributed by atoms with Crippen molar-refractivity contribution in [3.8, 4) is 0 Å². The first-order valence-corrected chi connectivity index (χ1v) is 13.7. The van der Waals surface area contributed by atoms with Crippen molar-refractivity contribution in [3.05, 3.63) is 33.8 Å². The van der Waals surface area contributed by atoms with E-state index in [1.54, 1.807) is 18.2 Å². The summed E-state index contributed by atoms with van der Waals surface area (Å²) in [6.07, 6.45) is 4.84. The average molecular weight is 574 g/mol. The Labute approximate surface area is 234 Å². The molecule has 0 bridgehead atoms. The smallest absolute Gasteiger partial charge is 0.243 e. The molecule has 0 saturated heterocycles. The van der Waals surface area contributed by atoms with Gasteiger partial charge in [0.05, 0.1) is 16.5 Å². The molecule has 3 amide bonds. The Morgan fingerprint density at radius 2 is 1.47 bits per heavy atom. The third kappa shape index (κ3) is 13.8. The van der Waals surface area contributed by atoms with Crippen LogP contribution in [0.5, 0.6) is 0 Å². The van der Waals surface area contributed by atoms with Gasteiger partial charge in [0.1, 0.15) is 12.1 Å². The first kappa shape index (κ1) is 33.4. The fourth-order valence-electron chi connectivity index (χ4n) is 3.68. The molecule has 0 spiro atoms. The van der Waals surface area contributed by atoms with E-state index in [0.717, 1.165) is 6.42 Å². The van der Waals surface area contributed by atoms with Crippen molar-refractivity contribution in [2.45, 2.75) is 69.9 Å². The van der Waals surface area contributed by atoms with Gasteiger partial charge in [0, 0.05) is 13.1 Å². The van der Waals surface area contributed by atoms with E-state index in [4.69, 9.17) is 46.1 Å². The first-order valence-electron chi connectivity index (χ1n) is 12.9. The van der Waals surface area contributed by atoms with Gasteiger partial charge in [0.2, 0.25) is 17.7 Å². The van der Waals surface area contributed by atoms with Crippen molar-refractivity contribution >= 4 is 46.9 Å². The highest BCUT2D eigenvalue weighted by molar-refractivity contribution is 6.42. The summed E-state index contributed by atoms with van der Waals surface area (Å²) in [5, 5.41) is 9.09. The molecule has 1 aromatic rings. The highest BCUT2D eigenvalue weighted by Gasteiger charge is 2.26.